The Morgan fingerprint density at radius 1 is 1.36 bits per heavy atom. The molecule has 1 aliphatic rings. The molecule has 0 aliphatic carbocycles. The summed E-state index contributed by atoms with van der Waals surface area (Å²) in [5, 5.41) is 13.8. The Morgan fingerprint density at radius 2 is 2.20 bits per heavy atom. The Labute approximate surface area is 143 Å². The number of amides is 1. The minimum absolute atomic E-state index is 0.0436. The SMILES string of the molecule is C[C@H]1Cc2cccc3c(O)c(C(=O)NCc4cccnc4)c(=O)n1c23. The minimum Gasteiger partial charge on any atom is -0.506 e. The fraction of sp³-hybridized carbons (Fsp3) is 0.211. The van der Waals surface area contributed by atoms with Crippen molar-refractivity contribution in [1.82, 2.24) is 14.9 Å². The molecule has 2 aromatic heterocycles. The zero-order valence-corrected chi connectivity index (χ0v) is 13.7. The van der Waals surface area contributed by atoms with Gasteiger partial charge in [-0.2, -0.15) is 0 Å². The van der Waals surface area contributed by atoms with Crippen LogP contribution < -0.4 is 10.9 Å². The topological polar surface area (TPSA) is 84.2 Å². The molecule has 0 saturated carbocycles. The second kappa shape index (κ2) is 5.73. The van der Waals surface area contributed by atoms with Crippen molar-refractivity contribution in [3.8, 4) is 5.75 Å². The highest BCUT2D eigenvalue weighted by Gasteiger charge is 2.29. The molecule has 6 nitrogen and oxygen atoms in total. The molecular formula is C19H17N3O3. The average Bonchev–Trinajstić information content (AvgIpc) is 2.96. The van der Waals surface area contributed by atoms with Gasteiger partial charge in [-0.15, -0.1) is 0 Å². The molecule has 4 rings (SSSR count). The maximum Gasteiger partial charge on any atom is 0.267 e. The standard InChI is InChI=1S/C19H17N3O3/c1-11-8-13-5-2-6-14-16(13)22(11)19(25)15(17(14)23)18(24)21-10-12-4-3-7-20-9-12/h2-7,9,11,23H,8,10H2,1H3,(H,21,24)/t11-/m0/s1. The minimum atomic E-state index is -0.582. The number of nitrogens with one attached hydrogen (secondary N) is 1. The molecule has 25 heavy (non-hydrogen) atoms. The zero-order chi connectivity index (χ0) is 17.6. The van der Waals surface area contributed by atoms with E-state index in [1.807, 2.05) is 25.1 Å². The smallest absolute Gasteiger partial charge is 0.267 e. The second-order valence-corrected chi connectivity index (χ2v) is 6.31. The van der Waals surface area contributed by atoms with E-state index in [1.54, 1.807) is 29.1 Å². The van der Waals surface area contributed by atoms with Crippen LogP contribution in [0.4, 0.5) is 0 Å². The van der Waals surface area contributed by atoms with Crippen LogP contribution in [0.2, 0.25) is 0 Å². The molecule has 0 radical (unpaired) electrons. The van der Waals surface area contributed by atoms with Gasteiger partial charge >= 0.3 is 0 Å². The van der Waals surface area contributed by atoms with Crippen LogP contribution in [0.25, 0.3) is 10.9 Å². The number of benzene rings is 1. The van der Waals surface area contributed by atoms with E-state index in [4.69, 9.17) is 0 Å². The van der Waals surface area contributed by atoms with Crippen LogP contribution in [0.3, 0.4) is 0 Å². The van der Waals surface area contributed by atoms with Gasteiger partial charge in [-0.3, -0.25) is 14.6 Å². The van der Waals surface area contributed by atoms with Gasteiger partial charge in [0.1, 0.15) is 11.3 Å². The third-order valence-corrected chi connectivity index (χ3v) is 4.64. The lowest BCUT2D eigenvalue weighted by molar-refractivity contribution is 0.0946. The van der Waals surface area contributed by atoms with Crippen LogP contribution >= 0.6 is 0 Å². The zero-order valence-electron chi connectivity index (χ0n) is 13.7. The van der Waals surface area contributed by atoms with Crippen molar-refractivity contribution >= 4 is 16.8 Å². The van der Waals surface area contributed by atoms with E-state index in [9.17, 15) is 14.7 Å². The van der Waals surface area contributed by atoms with Gasteiger partial charge < -0.3 is 15.0 Å². The molecule has 0 unspecified atom stereocenters. The summed E-state index contributed by atoms with van der Waals surface area (Å²) in [5.74, 6) is -0.836. The molecule has 0 bridgehead atoms. The fourth-order valence-electron chi connectivity index (χ4n) is 3.50. The van der Waals surface area contributed by atoms with Gasteiger partial charge in [-0.1, -0.05) is 18.2 Å². The van der Waals surface area contributed by atoms with Crippen LogP contribution in [-0.4, -0.2) is 20.6 Å². The first-order valence-electron chi connectivity index (χ1n) is 8.14. The molecule has 0 saturated heterocycles. The lowest BCUT2D eigenvalue weighted by atomic mass is 10.1. The number of carbonyl (C=O) groups excluding carboxylic acids is 1. The van der Waals surface area contributed by atoms with E-state index in [0.717, 1.165) is 16.6 Å². The highest BCUT2D eigenvalue weighted by atomic mass is 16.3. The molecule has 3 aromatic rings. The number of para-hydroxylation sites is 1. The Morgan fingerprint density at radius 3 is 2.96 bits per heavy atom. The first-order valence-corrected chi connectivity index (χ1v) is 8.14. The van der Waals surface area contributed by atoms with E-state index in [1.165, 1.54) is 0 Å². The van der Waals surface area contributed by atoms with Crippen LogP contribution in [0.15, 0.2) is 47.5 Å². The van der Waals surface area contributed by atoms with E-state index in [2.05, 4.69) is 10.3 Å². The monoisotopic (exact) mass is 335 g/mol. The molecule has 1 aliphatic heterocycles. The number of rotatable bonds is 3. The third-order valence-electron chi connectivity index (χ3n) is 4.64. The van der Waals surface area contributed by atoms with Crippen molar-refractivity contribution < 1.29 is 9.90 Å². The maximum absolute atomic E-state index is 12.9. The fourth-order valence-corrected chi connectivity index (χ4v) is 3.50. The van der Waals surface area contributed by atoms with Crippen LogP contribution in [0, 0.1) is 0 Å². The average molecular weight is 335 g/mol. The van der Waals surface area contributed by atoms with Crippen LogP contribution in [0.5, 0.6) is 5.75 Å². The van der Waals surface area contributed by atoms with Gasteiger partial charge in [-0.25, -0.2) is 0 Å². The molecule has 0 fully saturated rings. The van der Waals surface area contributed by atoms with E-state index in [0.29, 0.717) is 11.8 Å². The molecule has 0 spiro atoms. The lowest BCUT2D eigenvalue weighted by Gasteiger charge is -2.14. The molecule has 1 atom stereocenters. The maximum atomic E-state index is 12.9. The van der Waals surface area contributed by atoms with E-state index < -0.39 is 11.5 Å². The van der Waals surface area contributed by atoms with Crippen molar-refractivity contribution in [2.45, 2.75) is 25.9 Å². The number of pyridine rings is 2. The summed E-state index contributed by atoms with van der Waals surface area (Å²) in [6.45, 7) is 2.17. The first kappa shape index (κ1) is 15.4. The summed E-state index contributed by atoms with van der Waals surface area (Å²) in [4.78, 5) is 29.4. The summed E-state index contributed by atoms with van der Waals surface area (Å²) >= 11 is 0. The quantitative estimate of drug-likeness (QED) is 0.768. The summed E-state index contributed by atoms with van der Waals surface area (Å²) in [6, 6.07) is 9.07. The van der Waals surface area contributed by atoms with Gasteiger partial charge in [0.05, 0.1) is 5.52 Å². The summed E-state index contributed by atoms with van der Waals surface area (Å²) in [5.41, 5.74) is 1.89. The molecule has 2 N–H and O–H groups in total. The Kier molecular flexibility index (Phi) is 3.53. The number of nitrogens with zero attached hydrogens (tertiary/aromatic N) is 2. The molecular weight excluding hydrogens is 318 g/mol. The second-order valence-electron chi connectivity index (χ2n) is 6.31. The third kappa shape index (κ3) is 2.38. The highest BCUT2D eigenvalue weighted by Crippen LogP contribution is 2.35. The van der Waals surface area contributed by atoms with Gasteiger partial charge in [-0.05, 0) is 36.6 Å². The summed E-state index contributed by atoms with van der Waals surface area (Å²) in [7, 11) is 0. The van der Waals surface area contributed by atoms with Gasteiger partial charge in [0.25, 0.3) is 11.5 Å². The summed E-state index contributed by atoms with van der Waals surface area (Å²) in [6.07, 6.45) is 4.00. The van der Waals surface area contributed by atoms with Crippen molar-refractivity contribution in [3.63, 3.8) is 0 Å². The van der Waals surface area contributed by atoms with Crippen molar-refractivity contribution in [1.29, 1.82) is 0 Å². The number of hydrogen-bond acceptors (Lipinski definition) is 4. The Balaban J connectivity index is 1.78. The van der Waals surface area contributed by atoms with E-state index >= 15 is 0 Å². The predicted molar refractivity (Wildman–Crippen MR) is 93.7 cm³/mol. The Hall–Kier alpha value is -3.15. The number of carbonyl (C=O) groups is 1. The molecule has 1 amide bonds. The molecule has 126 valence electrons. The van der Waals surface area contributed by atoms with E-state index in [-0.39, 0.29) is 23.9 Å². The Bertz CT molecular complexity index is 1040. The molecule has 3 heterocycles. The highest BCUT2D eigenvalue weighted by molar-refractivity contribution is 6.03. The van der Waals surface area contributed by atoms with Gasteiger partial charge in [0.15, 0.2) is 0 Å². The van der Waals surface area contributed by atoms with Crippen LogP contribution in [0.1, 0.15) is 34.5 Å². The predicted octanol–water partition coefficient (Wildman–Crippen LogP) is 2.15. The molecule has 1 aromatic carbocycles. The lowest BCUT2D eigenvalue weighted by Crippen LogP contribution is -2.33. The number of aromatic hydroxyl groups is 1. The van der Waals surface area contributed by atoms with Gasteiger partial charge in [0.2, 0.25) is 0 Å². The van der Waals surface area contributed by atoms with Crippen LogP contribution in [-0.2, 0) is 13.0 Å². The summed E-state index contributed by atoms with van der Waals surface area (Å²) < 4.78 is 1.61. The number of hydrogen-bond donors (Lipinski definition) is 2. The largest absolute Gasteiger partial charge is 0.506 e. The van der Waals surface area contributed by atoms with Crippen molar-refractivity contribution in [2.24, 2.45) is 0 Å². The van der Waals surface area contributed by atoms with Gasteiger partial charge in [0, 0.05) is 30.4 Å². The normalized spacial score (nSPS) is 15.5. The van der Waals surface area contributed by atoms with Crippen molar-refractivity contribution in [3.05, 3.63) is 69.8 Å². The number of aromatic nitrogens is 2. The van der Waals surface area contributed by atoms with Crippen molar-refractivity contribution in [2.75, 3.05) is 0 Å². The molecule has 6 heteroatoms. The first-order chi connectivity index (χ1) is 12.1.